The van der Waals surface area contributed by atoms with E-state index in [1.54, 1.807) is 12.1 Å². The highest BCUT2D eigenvalue weighted by atomic mass is 16.6. The van der Waals surface area contributed by atoms with Crippen LogP contribution in [0.4, 0.5) is 5.69 Å². The average Bonchev–Trinajstić information content (AvgIpc) is 2.84. The Bertz CT molecular complexity index is 835. The van der Waals surface area contributed by atoms with Crippen molar-refractivity contribution in [2.45, 2.75) is 0 Å². The minimum absolute atomic E-state index is 0.0500. The lowest BCUT2D eigenvalue weighted by molar-refractivity contribution is -0.384. The van der Waals surface area contributed by atoms with E-state index in [0.717, 1.165) is 0 Å². The third-order valence-electron chi connectivity index (χ3n) is 2.66. The molecule has 3 aromatic rings. The smallest absolute Gasteiger partial charge is 0.271 e. The molecule has 0 fully saturated rings. The van der Waals surface area contributed by atoms with Crippen molar-refractivity contribution >= 4 is 16.7 Å². The highest BCUT2D eigenvalue weighted by molar-refractivity contribution is 5.74. The van der Waals surface area contributed by atoms with Crippen LogP contribution in [-0.4, -0.2) is 24.7 Å². The number of aromatic amines is 1. The molecule has 2 aromatic heterocycles. The Morgan fingerprint density at radius 1 is 1.37 bits per heavy atom. The SMILES string of the molecule is O=c1[nH]cnc2c1cnn2-c1cccc([N+](=O)[O-])c1. The third-order valence-corrected chi connectivity index (χ3v) is 2.66. The van der Waals surface area contributed by atoms with Crippen molar-refractivity contribution in [3.05, 3.63) is 57.3 Å². The van der Waals surface area contributed by atoms with Gasteiger partial charge in [0.25, 0.3) is 11.2 Å². The highest BCUT2D eigenvalue weighted by Gasteiger charge is 2.11. The molecule has 0 bridgehead atoms. The molecule has 3 rings (SSSR count). The second-order valence-corrected chi connectivity index (χ2v) is 3.80. The molecule has 94 valence electrons. The van der Waals surface area contributed by atoms with E-state index >= 15 is 0 Å². The molecule has 0 unspecified atom stereocenters. The number of hydrogen-bond acceptors (Lipinski definition) is 5. The normalized spacial score (nSPS) is 10.7. The molecular formula is C11H7N5O3. The molecule has 19 heavy (non-hydrogen) atoms. The van der Waals surface area contributed by atoms with Crippen molar-refractivity contribution in [3.8, 4) is 5.69 Å². The van der Waals surface area contributed by atoms with Crippen molar-refractivity contribution in [2.75, 3.05) is 0 Å². The number of non-ortho nitro benzene ring substituents is 1. The van der Waals surface area contributed by atoms with E-state index in [4.69, 9.17) is 0 Å². The molecule has 0 saturated heterocycles. The number of fused-ring (bicyclic) bond motifs is 1. The molecule has 1 aromatic carbocycles. The van der Waals surface area contributed by atoms with Gasteiger partial charge in [0, 0.05) is 12.1 Å². The zero-order valence-electron chi connectivity index (χ0n) is 9.48. The van der Waals surface area contributed by atoms with Gasteiger partial charge in [-0.15, -0.1) is 0 Å². The topological polar surface area (TPSA) is 107 Å². The lowest BCUT2D eigenvalue weighted by Crippen LogP contribution is -2.06. The number of benzene rings is 1. The summed E-state index contributed by atoms with van der Waals surface area (Å²) in [4.78, 5) is 28.3. The van der Waals surface area contributed by atoms with Crippen LogP contribution in [0.5, 0.6) is 0 Å². The summed E-state index contributed by atoms with van der Waals surface area (Å²) in [6, 6.07) is 5.96. The number of rotatable bonds is 2. The van der Waals surface area contributed by atoms with Gasteiger partial charge >= 0.3 is 0 Å². The Kier molecular flexibility index (Phi) is 2.34. The zero-order valence-corrected chi connectivity index (χ0v) is 9.48. The second-order valence-electron chi connectivity index (χ2n) is 3.80. The van der Waals surface area contributed by atoms with Gasteiger partial charge in [0.1, 0.15) is 5.39 Å². The van der Waals surface area contributed by atoms with E-state index in [9.17, 15) is 14.9 Å². The first-order chi connectivity index (χ1) is 9.16. The molecule has 0 atom stereocenters. The molecular weight excluding hydrogens is 250 g/mol. The molecule has 0 aliphatic carbocycles. The van der Waals surface area contributed by atoms with Crippen LogP contribution in [0.15, 0.2) is 41.6 Å². The number of H-pyrrole nitrogens is 1. The first-order valence-electron chi connectivity index (χ1n) is 5.33. The van der Waals surface area contributed by atoms with Gasteiger partial charge in [0.2, 0.25) is 0 Å². The van der Waals surface area contributed by atoms with Gasteiger partial charge < -0.3 is 4.98 Å². The molecule has 2 heterocycles. The van der Waals surface area contributed by atoms with Crippen LogP contribution in [0, 0.1) is 10.1 Å². The Morgan fingerprint density at radius 3 is 3.00 bits per heavy atom. The Morgan fingerprint density at radius 2 is 2.21 bits per heavy atom. The standard InChI is InChI=1S/C11H7N5O3/c17-11-9-5-14-15(10(9)12-6-13-11)7-2-1-3-8(4-7)16(18)19/h1-6H,(H,12,13,17). The Labute approximate surface area is 105 Å². The molecule has 0 aliphatic rings. The van der Waals surface area contributed by atoms with Gasteiger partial charge in [-0.05, 0) is 6.07 Å². The van der Waals surface area contributed by atoms with Crippen LogP contribution in [0.3, 0.4) is 0 Å². The summed E-state index contributed by atoms with van der Waals surface area (Å²) in [6.45, 7) is 0. The number of nitro benzene ring substituents is 1. The minimum Gasteiger partial charge on any atom is -0.312 e. The van der Waals surface area contributed by atoms with Crippen LogP contribution in [0.1, 0.15) is 0 Å². The van der Waals surface area contributed by atoms with Gasteiger partial charge in [-0.2, -0.15) is 5.10 Å². The van der Waals surface area contributed by atoms with Crippen molar-refractivity contribution in [1.29, 1.82) is 0 Å². The van der Waals surface area contributed by atoms with Gasteiger partial charge in [-0.3, -0.25) is 14.9 Å². The van der Waals surface area contributed by atoms with E-state index in [1.807, 2.05) is 0 Å². The molecule has 0 saturated carbocycles. The van der Waals surface area contributed by atoms with E-state index in [2.05, 4.69) is 15.1 Å². The summed E-state index contributed by atoms with van der Waals surface area (Å²) < 4.78 is 1.39. The molecule has 8 heteroatoms. The van der Waals surface area contributed by atoms with Crippen LogP contribution in [0.2, 0.25) is 0 Å². The second kappa shape index (κ2) is 4.02. The number of hydrogen-bond donors (Lipinski definition) is 1. The molecule has 1 N–H and O–H groups in total. The molecule has 0 aliphatic heterocycles. The Balaban J connectivity index is 2.25. The predicted octanol–water partition coefficient (Wildman–Crippen LogP) is 1.02. The highest BCUT2D eigenvalue weighted by Crippen LogP contribution is 2.18. The zero-order chi connectivity index (χ0) is 13.4. The van der Waals surface area contributed by atoms with Crippen molar-refractivity contribution < 1.29 is 4.92 Å². The molecule has 0 spiro atoms. The van der Waals surface area contributed by atoms with E-state index in [-0.39, 0.29) is 11.2 Å². The fourth-order valence-electron chi connectivity index (χ4n) is 1.78. The number of nitro groups is 1. The number of nitrogens with one attached hydrogen (secondary N) is 1. The lowest BCUT2D eigenvalue weighted by atomic mass is 10.3. The van der Waals surface area contributed by atoms with Crippen LogP contribution >= 0.6 is 0 Å². The van der Waals surface area contributed by atoms with E-state index in [1.165, 1.54) is 29.3 Å². The summed E-state index contributed by atoms with van der Waals surface area (Å²) >= 11 is 0. The lowest BCUT2D eigenvalue weighted by Gasteiger charge is -2.01. The summed E-state index contributed by atoms with van der Waals surface area (Å²) in [5.41, 5.74) is 0.471. The van der Waals surface area contributed by atoms with Gasteiger partial charge in [-0.1, -0.05) is 6.07 Å². The van der Waals surface area contributed by atoms with Crippen molar-refractivity contribution in [3.63, 3.8) is 0 Å². The fourth-order valence-corrected chi connectivity index (χ4v) is 1.78. The van der Waals surface area contributed by atoms with E-state index < -0.39 is 4.92 Å². The molecule has 0 radical (unpaired) electrons. The summed E-state index contributed by atoms with van der Waals surface area (Å²) in [5.74, 6) is 0. The fraction of sp³-hybridized carbons (Fsp3) is 0. The third kappa shape index (κ3) is 1.75. The number of nitrogens with zero attached hydrogens (tertiary/aromatic N) is 4. The maximum Gasteiger partial charge on any atom is 0.271 e. The van der Waals surface area contributed by atoms with Crippen molar-refractivity contribution in [1.82, 2.24) is 19.7 Å². The van der Waals surface area contributed by atoms with Gasteiger partial charge in [0.05, 0.1) is 23.1 Å². The molecule has 0 amide bonds. The van der Waals surface area contributed by atoms with Gasteiger partial charge in [0.15, 0.2) is 5.65 Å². The maximum absolute atomic E-state index is 11.5. The van der Waals surface area contributed by atoms with E-state index in [0.29, 0.717) is 16.7 Å². The quantitative estimate of drug-likeness (QED) is 0.544. The Hall–Kier alpha value is -3.03. The molecule has 8 nitrogen and oxygen atoms in total. The summed E-state index contributed by atoms with van der Waals surface area (Å²) in [7, 11) is 0. The van der Waals surface area contributed by atoms with Crippen LogP contribution in [0.25, 0.3) is 16.7 Å². The van der Waals surface area contributed by atoms with Crippen LogP contribution < -0.4 is 5.56 Å². The maximum atomic E-state index is 11.5. The minimum atomic E-state index is -0.491. The number of aromatic nitrogens is 4. The average molecular weight is 257 g/mol. The predicted molar refractivity (Wildman–Crippen MR) is 66.1 cm³/mol. The monoisotopic (exact) mass is 257 g/mol. The summed E-state index contributed by atoms with van der Waals surface area (Å²) in [5, 5.41) is 15.1. The van der Waals surface area contributed by atoms with Crippen LogP contribution in [-0.2, 0) is 0 Å². The first-order valence-corrected chi connectivity index (χ1v) is 5.33. The first kappa shape index (κ1) is 11.1. The largest absolute Gasteiger partial charge is 0.312 e. The van der Waals surface area contributed by atoms with Crippen molar-refractivity contribution in [2.24, 2.45) is 0 Å². The van der Waals surface area contributed by atoms with Gasteiger partial charge in [-0.25, -0.2) is 9.67 Å². The summed E-state index contributed by atoms with van der Waals surface area (Å²) in [6.07, 6.45) is 2.64.